The molecule has 0 fully saturated rings. The molecule has 0 aliphatic carbocycles. The molecule has 17 heavy (non-hydrogen) atoms. The minimum atomic E-state index is 0. The number of hydrogen-bond donors (Lipinski definition) is 3. The molecule has 0 unspecified atom stereocenters. The van der Waals surface area contributed by atoms with E-state index < -0.39 is 0 Å². The van der Waals surface area contributed by atoms with Crippen LogP contribution in [0, 0.1) is 5.41 Å². The van der Waals surface area contributed by atoms with E-state index in [1.807, 2.05) is 36.4 Å². The van der Waals surface area contributed by atoms with Gasteiger partial charge in [-0.1, -0.05) is 12.1 Å². The van der Waals surface area contributed by atoms with Crippen molar-refractivity contribution in [3.05, 3.63) is 41.3 Å². The molecule has 1 aromatic heterocycles. The molecule has 92 valence electrons. The smallest absolute Gasteiger partial charge is 0.133 e. The van der Waals surface area contributed by atoms with Crippen LogP contribution in [-0.4, -0.2) is 11.3 Å². The fourth-order valence-electron chi connectivity index (χ4n) is 1.29. The van der Waals surface area contributed by atoms with Crippen molar-refractivity contribution in [3.63, 3.8) is 0 Å². The third-order valence-electron chi connectivity index (χ3n) is 2.07. The summed E-state index contributed by atoms with van der Waals surface area (Å²) in [6.45, 7) is 0. The number of hydrogen-bond acceptors (Lipinski definition) is 3. The topological polar surface area (TPSA) is 107 Å². The van der Waals surface area contributed by atoms with Gasteiger partial charge in [0.25, 0.3) is 0 Å². The first-order valence-electron chi connectivity index (χ1n) is 4.47. The molecule has 0 amide bonds. The maximum atomic E-state index is 7.31. The third-order valence-corrected chi connectivity index (χ3v) is 3.23. The summed E-state index contributed by atoms with van der Waals surface area (Å²) in [7, 11) is 0. The highest BCUT2D eigenvalue weighted by atomic mass is 35.5. The average Bonchev–Trinajstić information content (AvgIpc) is 2.68. The van der Waals surface area contributed by atoms with Gasteiger partial charge < -0.3 is 16.9 Å². The molecule has 0 aliphatic heterocycles. The summed E-state index contributed by atoms with van der Waals surface area (Å²) in [6, 6.07) is 11.5. The fraction of sp³-hybridized carbons (Fsp3) is 0. The van der Waals surface area contributed by atoms with Crippen LogP contribution in [0.5, 0.6) is 0 Å². The first-order chi connectivity index (χ1) is 7.16. The van der Waals surface area contributed by atoms with Gasteiger partial charge in [-0.25, -0.2) is 0 Å². The van der Waals surface area contributed by atoms with Crippen LogP contribution >= 0.6 is 23.7 Å². The van der Waals surface area contributed by atoms with Crippen LogP contribution in [0.15, 0.2) is 36.4 Å². The second-order valence-electron chi connectivity index (χ2n) is 3.20. The predicted octanol–water partition coefficient (Wildman–Crippen LogP) is 1.88. The molecule has 4 nitrogen and oxygen atoms in total. The van der Waals surface area contributed by atoms with E-state index in [0.29, 0.717) is 0 Å². The molecule has 2 aromatic rings. The summed E-state index contributed by atoms with van der Waals surface area (Å²) in [5.74, 6) is 0.113. The molecule has 7 N–H and O–H groups in total. The minimum Gasteiger partial charge on any atom is -0.412 e. The predicted molar refractivity (Wildman–Crippen MR) is 76.0 cm³/mol. The van der Waals surface area contributed by atoms with E-state index in [2.05, 4.69) is 0 Å². The number of nitrogen functional groups attached to an aromatic ring is 2. The lowest BCUT2D eigenvalue weighted by Gasteiger charge is -1.97. The lowest BCUT2D eigenvalue weighted by atomic mass is 10.2. The summed E-state index contributed by atoms with van der Waals surface area (Å²) in [4.78, 5) is 1.89. The lowest BCUT2D eigenvalue weighted by molar-refractivity contribution is 0.824. The highest BCUT2D eigenvalue weighted by Gasteiger charge is 2.04. The van der Waals surface area contributed by atoms with Gasteiger partial charge >= 0.3 is 0 Å². The van der Waals surface area contributed by atoms with Crippen LogP contribution in [0.3, 0.4) is 0 Å². The van der Waals surface area contributed by atoms with Gasteiger partial charge in [0.05, 0.1) is 4.88 Å². The van der Waals surface area contributed by atoms with E-state index in [-0.39, 0.29) is 23.7 Å². The zero-order chi connectivity index (χ0) is 10.8. The number of nitrogens with one attached hydrogen (secondary N) is 1. The largest absolute Gasteiger partial charge is 0.412 e. The number of halogens is 1. The molecule has 0 bridgehead atoms. The van der Waals surface area contributed by atoms with E-state index in [0.717, 1.165) is 21.0 Å². The van der Waals surface area contributed by atoms with Crippen LogP contribution in [0.1, 0.15) is 4.88 Å². The monoisotopic (exact) mass is 271 g/mol. The Morgan fingerprint density at radius 3 is 2.12 bits per heavy atom. The molecule has 0 saturated carbocycles. The van der Waals surface area contributed by atoms with Crippen molar-refractivity contribution in [1.82, 2.24) is 0 Å². The van der Waals surface area contributed by atoms with Crippen LogP contribution < -0.4 is 11.5 Å². The quantitative estimate of drug-likeness (QED) is 0.440. The Kier molecular flexibility index (Phi) is 5.67. The van der Waals surface area contributed by atoms with Crippen LogP contribution in [-0.2, 0) is 0 Å². The minimum absolute atomic E-state index is 0. The van der Waals surface area contributed by atoms with Crippen molar-refractivity contribution in [2.24, 2.45) is 5.73 Å². The molecular weight excluding hydrogens is 258 g/mol. The van der Waals surface area contributed by atoms with Gasteiger partial charge in [0, 0.05) is 10.6 Å². The summed E-state index contributed by atoms with van der Waals surface area (Å²) < 4.78 is 0. The molecule has 0 spiro atoms. The highest BCUT2D eigenvalue weighted by Crippen LogP contribution is 2.28. The van der Waals surface area contributed by atoms with E-state index >= 15 is 0 Å². The molecule has 0 radical (unpaired) electrons. The van der Waals surface area contributed by atoms with Gasteiger partial charge in [0.15, 0.2) is 0 Å². The van der Waals surface area contributed by atoms with Gasteiger partial charge in [0.2, 0.25) is 0 Å². The standard InChI is InChI=1S/C11H11N3S.ClH.H2O/c12-8-3-1-7(2-4-8)9-5-6-10(15-9)11(13)14;;/h1-6H,12H2,(H3,13,14);1H;1H2. The Morgan fingerprint density at radius 2 is 1.65 bits per heavy atom. The summed E-state index contributed by atoms with van der Waals surface area (Å²) in [5, 5.41) is 7.31. The SMILES string of the molecule is Cl.N=C(N)c1ccc(-c2ccc(N)cc2)s1.O. The Labute approximate surface area is 109 Å². The second-order valence-corrected chi connectivity index (χ2v) is 4.28. The zero-order valence-corrected chi connectivity index (χ0v) is 10.6. The number of thiophene rings is 1. The molecule has 1 heterocycles. The zero-order valence-electron chi connectivity index (χ0n) is 8.94. The number of amidine groups is 1. The maximum absolute atomic E-state index is 7.31. The van der Waals surface area contributed by atoms with E-state index in [1.165, 1.54) is 11.3 Å². The van der Waals surface area contributed by atoms with Crippen LogP contribution in [0.2, 0.25) is 0 Å². The number of nitrogens with two attached hydrogens (primary N) is 2. The summed E-state index contributed by atoms with van der Waals surface area (Å²) >= 11 is 1.51. The molecule has 1 aromatic carbocycles. The maximum Gasteiger partial charge on any atom is 0.133 e. The van der Waals surface area contributed by atoms with Crippen LogP contribution in [0.4, 0.5) is 5.69 Å². The Hall–Kier alpha value is -1.56. The molecule has 6 heteroatoms. The Bertz CT molecular complexity index is 496. The van der Waals surface area contributed by atoms with Gasteiger partial charge in [-0.3, -0.25) is 5.41 Å². The first-order valence-corrected chi connectivity index (χ1v) is 5.28. The fourth-order valence-corrected chi connectivity index (χ4v) is 2.16. The van der Waals surface area contributed by atoms with E-state index in [4.69, 9.17) is 16.9 Å². The van der Waals surface area contributed by atoms with E-state index in [1.54, 1.807) is 0 Å². The second kappa shape index (κ2) is 6.24. The lowest BCUT2D eigenvalue weighted by Crippen LogP contribution is -2.08. The number of benzene rings is 1. The van der Waals surface area contributed by atoms with E-state index in [9.17, 15) is 0 Å². The van der Waals surface area contributed by atoms with Gasteiger partial charge in [0.1, 0.15) is 5.84 Å². The van der Waals surface area contributed by atoms with Crippen molar-refractivity contribution in [2.45, 2.75) is 0 Å². The number of rotatable bonds is 2. The highest BCUT2D eigenvalue weighted by molar-refractivity contribution is 7.17. The normalized spacial score (nSPS) is 8.94. The van der Waals surface area contributed by atoms with Gasteiger partial charge in [-0.15, -0.1) is 23.7 Å². The Balaban J connectivity index is 0.00000128. The van der Waals surface area contributed by atoms with Crippen molar-refractivity contribution in [3.8, 4) is 10.4 Å². The van der Waals surface area contributed by atoms with Crippen LogP contribution in [0.25, 0.3) is 10.4 Å². The van der Waals surface area contributed by atoms with Gasteiger partial charge in [-0.2, -0.15) is 0 Å². The molecule has 0 saturated heterocycles. The molecular formula is C11H14ClN3OS. The third kappa shape index (κ3) is 3.45. The van der Waals surface area contributed by atoms with Crippen molar-refractivity contribution in [1.29, 1.82) is 5.41 Å². The molecule has 0 atom stereocenters. The van der Waals surface area contributed by atoms with Gasteiger partial charge in [-0.05, 0) is 29.8 Å². The molecule has 0 aliphatic rings. The first kappa shape index (κ1) is 15.4. The van der Waals surface area contributed by atoms with Crippen molar-refractivity contribution < 1.29 is 5.48 Å². The van der Waals surface area contributed by atoms with Crippen molar-refractivity contribution >= 4 is 35.3 Å². The summed E-state index contributed by atoms with van der Waals surface area (Å²) in [6.07, 6.45) is 0. The molecule has 2 rings (SSSR count). The summed E-state index contributed by atoms with van der Waals surface area (Å²) in [5.41, 5.74) is 12.9. The number of anilines is 1. The average molecular weight is 272 g/mol. The Morgan fingerprint density at radius 1 is 1.06 bits per heavy atom. The van der Waals surface area contributed by atoms with Crippen molar-refractivity contribution in [2.75, 3.05) is 5.73 Å².